The summed E-state index contributed by atoms with van der Waals surface area (Å²) < 4.78 is 41.1. The molecule has 0 aliphatic rings. The van der Waals surface area contributed by atoms with Crippen LogP contribution in [0.3, 0.4) is 0 Å². The van der Waals surface area contributed by atoms with Gasteiger partial charge in [-0.25, -0.2) is 9.78 Å². The third-order valence-electron chi connectivity index (χ3n) is 3.81. The number of imidazole rings is 1. The van der Waals surface area contributed by atoms with Crippen molar-refractivity contribution in [2.75, 3.05) is 6.54 Å². The van der Waals surface area contributed by atoms with E-state index < -0.39 is 36.6 Å². The third-order valence-corrected chi connectivity index (χ3v) is 3.81. The lowest BCUT2D eigenvalue weighted by Gasteiger charge is -2.29. The van der Waals surface area contributed by atoms with Gasteiger partial charge in [0.2, 0.25) is 5.60 Å². The number of rotatable bonds is 6. The molecule has 0 spiro atoms. The highest BCUT2D eigenvalue weighted by Crippen LogP contribution is 2.40. The fourth-order valence-electron chi connectivity index (χ4n) is 2.43. The van der Waals surface area contributed by atoms with Crippen LogP contribution in [0.2, 0.25) is 0 Å². The summed E-state index contributed by atoms with van der Waals surface area (Å²) in [7, 11) is 1.36. The molecule has 2 rings (SSSR count). The average Bonchev–Trinajstić information content (AvgIpc) is 2.98. The van der Waals surface area contributed by atoms with Gasteiger partial charge in [0.15, 0.2) is 0 Å². The van der Waals surface area contributed by atoms with Gasteiger partial charge in [-0.05, 0) is 19.1 Å². The molecular formula is C16H20F3N5O2. The maximum atomic E-state index is 13.3. The molecule has 0 unspecified atom stereocenters. The number of aliphatic hydroxyl groups is 1. The van der Waals surface area contributed by atoms with E-state index in [0.717, 1.165) is 10.3 Å². The number of urea groups is 1. The number of halogens is 3. The van der Waals surface area contributed by atoms with Gasteiger partial charge in [0.05, 0.1) is 12.2 Å². The Kier molecular flexibility index (Phi) is 5.86. The van der Waals surface area contributed by atoms with Gasteiger partial charge in [-0.2, -0.15) is 13.2 Å². The zero-order valence-electron chi connectivity index (χ0n) is 14.3. The van der Waals surface area contributed by atoms with Crippen molar-refractivity contribution in [3.63, 3.8) is 0 Å². The highest BCUT2D eigenvalue weighted by Gasteiger charge is 2.57. The molecule has 26 heavy (non-hydrogen) atoms. The van der Waals surface area contributed by atoms with Crippen molar-refractivity contribution in [1.29, 1.82) is 0 Å². The number of pyridine rings is 1. The van der Waals surface area contributed by atoms with Crippen molar-refractivity contribution in [1.82, 2.24) is 25.2 Å². The number of aromatic nitrogens is 3. The van der Waals surface area contributed by atoms with E-state index >= 15 is 0 Å². The van der Waals surface area contributed by atoms with Gasteiger partial charge >= 0.3 is 12.2 Å². The van der Waals surface area contributed by atoms with E-state index in [0.29, 0.717) is 5.69 Å². The monoisotopic (exact) mass is 371 g/mol. The summed E-state index contributed by atoms with van der Waals surface area (Å²) in [6.45, 7) is 1.55. The minimum atomic E-state index is -4.93. The summed E-state index contributed by atoms with van der Waals surface area (Å²) in [5.41, 5.74) is -1.74. The second kappa shape index (κ2) is 7.73. The second-order valence-electron chi connectivity index (χ2n) is 5.85. The van der Waals surface area contributed by atoms with Gasteiger partial charge in [0, 0.05) is 38.1 Å². The number of hydrogen-bond acceptors (Lipinski definition) is 4. The van der Waals surface area contributed by atoms with Crippen LogP contribution in [0, 0.1) is 6.92 Å². The van der Waals surface area contributed by atoms with Crippen LogP contribution in [0.25, 0.3) is 0 Å². The van der Waals surface area contributed by atoms with Gasteiger partial charge in [-0.1, -0.05) is 6.07 Å². The molecule has 0 bridgehead atoms. The Hall–Kier alpha value is -2.62. The van der Waals surface area contributed by atoms with Crippen LogP contribution in [0.5, 0.6) is 0 Å². The Morgan fingerprint density at radius 1 is 1.31 bits per heavy atom. The lowest BCUT2D eigenvalue weighted by atomic mass is 9.97. The Bertz CT molecular complexity index is 762. The molecule has 1 atom stereocenters. The highest BCUT2D eigenvalue weighted by atomic mass is 19.4. The topological polar surface area (TPSA) is 92.1 Å². The number of nitrogens with one attached hydrogen (secondary N) is 2. The van der Waals surface area contributed by atoms with Gasteiger partial charge in [0.25, 0.3) is 0 Å². The first kappa shape index (κ1) is 19.7. The maximum absolute atomic E-state index is 13.3. The molecule has 2 amide bonds. The largest absolute Gasteiger partial charge is 0.424 e. The van der Waals surface area contributed by atoms with E-state index in [1.807, 2.05) is 0 Å². The van der Waals surface area contributed by atoms with Crippen LogP contribution in [0.15, 0.2) is 30.6 Å². The molecule has 7 nitrogen and oxygen atoms in total. The predicted molar refractivity (Wildman–Crippen MR) is 87.0 cm³/mol. The first-order valence-electron chi connectivity index (χ1n) is 7.84. The summed E-state index contributed by atoms with van der Waals surface area (Å²) >= 11 is 0. The van der Waals surface area contributed by atoms with Crippen LogP contribution in [-0.4, -0.2) is 38.4 Å². The summed E-state index contributed by atoms with van der Waals surface area (Å²) in [5.74, 6) is -0.531. The number of carbonyl (C=O) groups excluding carboxylic acids is 1. The minimum absolute atomic E-state index is 0.135. The van der Waals surface area contributed by atoms with E-state index in [9.17, 15) is 23.1 Å². The zero-order chi connectivity index (χ0) is 19.4. The van der Waals surface area contributed by atoms with E-state index in [2.05, 4.69) is 20.6 Å². The van der Waals surface area contributed by atoms with E-state index in [1.54, 1.807) is 25.1 Å². The van der Waals surface area contributed by atoms with Crippen molar-refractivity contribution < 1.29 is 23.1 Å². The van der Waals surface area contributed by atoms with Crippen LogP contribution in [0.1, 0.15) is 23.6 Å². The van der Waals surface area contributed by atoms with E-state index in [-0.39, 0.29) is 6.54 Å². The average molecular weight is 371 g/mol. The standard InChI is InChI=1S/C16H20F3N5O2/c1-11-4-3-5-12(23-11)10-22-14(25)21-7-6-15(26,16(17,18)19)13-20-8-9-24(13)2/h3-5,8-9,26H,6-7,10H2,1-2H3,(H2,21,22,25)/t15-/m0/s1. The third kappa shape index (κ3) is 4.51. The second-order valence-corrected chi connectivity index (χ2v) is 5.85. The number of amides is 2. The molecule has 0 aliphatic heterocycles. The van der Waals surface area contributed by atoms with Gasteiger partial charge in [0.1, 0.15) is 5.82 Å². The molecule has 3 N–H and O–H groups in total. The quantitative estimate of drug-likeness (QED) is 0.722. The first-order chi connectivity index (χ1) is 12.1. The van der Waals surface area contributed by atoms with Gasteiger partial charge < -0.3 is 20.3 Å². The van der Waals surface area contributed by atoms with Crippen LogP contribution >= 0.6 is 0 Å². The SMILES string of the molecule is Cc1cccc(CNC(=O)NCC[C@](O)(c2nccn2C)C(F)(F)F)n1. The summed E-state index contributed by atoms with van der Waals surface area (Å²) in [4.78, 5) is 19.5. The molecule has 2 aromatic heterocycles. The first-order valence-corrected chi connectivity index (χ1v) is 7.84. The lowest BCUT2D eigenvalue weighted by Crippen LogP contribution is -2.47. The summed E-state index contributed by atoms with van der Waals surface area (Å²) in [6, 6.07) is 4.65. The van der Waals surface area contributed by atoms with Crippen molar-refractivity contribution >= 4 is 6.03 Å². The molecule has 0 fully saturated rings. The zero-order valence-corrected chi connectivity index (χ0v) is 14.3. The predicted octanol–water partition coefficient (Wildman–Crippen LogP) is 1.76. The number of hydrogen-bond donors (Lipinski definition) is 3. The van der Waals surface area contributed by atoms with Gasteiger partial charge in [-0.15, -0.1) is 0 Å². The fourth-order valence-corrected chi connectivity index (χ4v) is 2.43. The molecule has 0 saturated carbocycles. The van der Waals surface area contributed by atoms with Crippen LogP contribution < -0.4 is 10.6 Å². The molecule has 10 heteroatoms. The van der Waals surface area contributed by atoms with Gasteiger partial charge in [-0.3, -0.25) is 4.98 Å². The van der Waals surface area contributed by atoms with E-state index in [4.69, 9.17) is 0 Å². The van der Waals surface area contributed by atoms with Crippen molar-refractivity contribution in [3.8, 4) is 0 Å². The number of alkyl halides is 3. The Morgan fingerprint density at radius 3 is 2.62 bits per heavy atom. The molecule has 0 radical (unpaired) electrons. The molecule has 2 aromatic rings. The molecule has 0 saturated heterocycles. The Balaban J connectivity index is 1.91. The van der Waals surface area contributed by atoms with Crippen molar-refractivity contribution in [2.24, 2.45) is 7.05 Å². The minimum Gasteiger partial charge on any atom is -0.374 e. The number of nitrogens with zero attached hydrogens (tertiary/aromatic N) is 3. The van der Waals surface area contributed by atoms with Crippen molar-refractivity contribution in [3.05, 3.63) is 47.8 Å². The summed E-state index contributed by atoms with van der Waals surface area (Å²) in [5, 5.41) is 15.0. The maximum Gasteiger partial charge on any atom is 0.424 e. The fraction of sp³-hybridized carbons (Fsp3) is 0.438. The lowest BCUT2D eigenvalue weighted by molar-refractivity contribution is -0.272. The van der Waals surface area contributed by atoms with E-state index in [1.165, 1.54) is 19.4 Å². The normalized spacial score (nSPS) is 13.9. The van der Waals surface area contributed by atoms with Crippen LogP contribution in [0.4, 0.5) is 18.0 Å². The number of carbonyl (C=O) groups is 1. The highest BCUT2D eigenvalue weighted by molar-refractivity contribution is 5.73. The smallest absolute Gasteiger partial charge is 0.374 e. The number of aryl methyl sites for hydroxylation is 2. The molecule has 0 aromatic carbocycles. The summed E-state index contributed by atoms with van der Waals surface area (Å²) in [6.07, 6.45) is -3.23. The van der Waals surface area contributed by atoms with Crippen LogP contribution in [-0.2, 0) is 19.2 Å². The Morgan fingerprint density at radius 2 is 2.04 bits per heavy atom. The Labute approximate surface area is 148 Å². The molecule has 0 aliphatic carbocycles. The molecule has 2 heterocycles. The van der Waals surface area contributed by atoms with Crippen molar-refractivity contribution in [2.45, 2.75) is 31.7 Å². The molecule has 142 valence electrons. The molecular weight excluding hydrogens is 351 g/mol.